The van der Waals surface area contributed by atoms with Crippen molar-refractivity contribution in [3.8, 4) is 0 Å². The van der Waals surface area contributed by atoms with Crippen LogP contribution in [0.5, 0.6) is 0 Å². The van der Waals surface area contributed by atoms with Crippen molar-refractivity contribution in [3.63, 3.8) is 0 Å². The SMILES string of the molecule is c1n[nH]c(CNC2CCCCCCC2)n1. The summed E-state index contributed by atoms with van der Waals surface area (Å²) in [7, 11) is 0. The van der Waals surface area contributed by atoms with Crippen LogP contribution in [0.1, 0.15) is 50.8 Å². The van der Waals surface area contributed by atoms with Crippen LogP contribution in [-0.2, 0) is 6.54 Å². The minimum Gasteiger partial charge on any atom is -0.307 e. The average Bonchev–Trinajstić information content (AvgIpc) is 2.68. The fourth-order valence-electron chi connectivity index (χ4n) is 2.22. The highest BCUT2D eigenvalue weighted by Crippen LogP contribution is 2.17. The van der Waals surface area contributed by atoms with Gasteiger partial charge in [-0.3, -0.25) is 5.10 Å². The molecule has 1 heterocycles. The van der Waals surface area contributed by atoms with Crippen molar-refractivity contribution in [2.75, 3.05) is 0 Å². The van der Waals surface area contributed by atoms with Gasteiger partial charge in [-0.15, -0.1) is 0 Å². The van der Waals surface area contributed by atoms with Gasteiger partial charge >= 0.3 is 0 Å². The molecule has 15 heavy (non-hydrogen) atoms. The third kappa shape index (κ3) is 3.63. The van der Waals surface area contributed by atoms with Gasteiger partial charge < -0.3 is 5.32 Å². The molecule has 1 fully saturated rings. The first-order valence-corrected chi connectivity index (χ1v) is 6.03. The molecule has 84 valence electrons. The number of hydrogen-bond acceptors (Lipinski definition) is 3. The highest BCUT2D eigenvalue weighted by atomic mass is 15.2. The van der Waals surface area contributed by atoms with Gasteiger partial charge in [0.2, 0.25) is 0 Å². The van der Waals surface area contributed by atoms with E-state index in [1.165, 1.54) is 44.9 Å². The van der Waals surface area contributed by atoms with Crippen LogP contribution in [-0.4, -0.2) is 21.2 Å². The molecule has 2 N–H and O–H groups in total. The third-order valence-corrected chi connectivity index (χ3v) is 3.13. The smallest absolute Gasteiger partial charge is 0.138 e. The fraction of sp³-hybridized carbons (Fsp3) is 0.818. The van der Waals surface area contributed by atoms with Crippen molar-refractivity contribution in [3.05, 3.63) is 12.2 Å². The minimum absolute atomic E-state index is 0.676. The molecule has 1 aromatic heterocycles. The largest absolute Gasteiger partial charge is 0.307 e. The van der Waals surface area contributed by atoms with Crippen molar-refractivity contribution in [2.24, 2.45) is 0 Å². The van der Waals surface area contributed by atoms with E-state index in [0.717, 1.165) is 12.4 Å². The predicted molar refractivity (Wildman–Crippen MR) is 59.3 cm³/mol. The van der Waals surface area contributed by atoms with E-state index in [1.807, 2.05) is 0 Å². The van der Waals surface area contributed by atoms with Gasteiger partial charge in [-0.25, -0.2) is 4.98 Å². The Balaban J connectivity index is 1.72. The van der Waals surface area contributed by atoms with Crippen LogP contribution in [0.3, 0.4) is 0 Å². The lowest BCUT2D eigenvalue weighted by Crippen LogP contribution is -2.29. The zero-order chi connectivity index (χ0) is 10.3. The number of nitrogens with zero attached hydrogens (tertiary/aromatic N) is 2. The average molecular weight is 208 g/mol. The summed E-state index contributed by atoms with van der Waals surface area (Å²) in [6.07, 6.45) is 11.2. The van der Waals surface area contributed by atoms with Gasteiger partial charge in [-0.05, 0) is 12.8 Å². The summed E-state index contributed by atoms with van der Waals surface area (Å²) < 4.78 is 0. The summed E-state index contributed by atoms with van der Waals surface area (Å²) in [5, 5.41) is 10.3. The molecule has 0 atom stereocenters. The van der Waals surface area contributed by atoms with Gasteiger partial charge in [0.25, 0.3) is 0 Å². The van der Waals surface area contributed by atoms with Crippen LogP contribution in [0.15, 0.2) is 6.33 Å². The van der Waals surface area contributed by atoms with Gasteiger partial charge in [0.05, 0.1) is 6.54 Å². The van der Waals surface area contributed by atoms with Crippen LogP contribution in [0, 0.1) is 0 Å². The Hall–Kier alpha value is -0.900. The van der Waals surface area contributed by atoms with Crippen molar-refractivity contribution in [2.45, 2.75) is 57.5 Å². The maximum atomic E-state index is 4.11. The number of aromatic nitrogens is 3. The Labute approximate surface area is 90.9 Å². The molecule has 0 amide bonds. The second-order valence-corrected chi connectivity index (χ2v) is 4.36. The maximum Gasteiger partial charge on any atom is 0.138 e. The van der Waals surface area contributed by atoms with E-state index in [2.05, 4.69) is 20.5 Å². The highest BCUT2D eigenvalue weighted by molar-refractivity contribution is 4.81. The number of nitrogens with one attached hydrogen (secondary N) is 2. The summed E-state index contributed by atoms with van der Waals surface area (Å²) in [4.78, 5) is 4.11. The quantitative estimate of drug-likeness (QED) is 0.799. The topological polar surface area (TPSA) is 53.6 Å². The van der Waals surface area contributed by atoms with E-state index < -0.39 is 0 Å². The first kappa shape index (κ1) is 10.6. The number of aromatic amines is 1. The fourth-order valence-corrected chi connectivity index (χ4v) is 2.22. The molecule has 2 rings (SSSR count). The van der Waals surface area contributed by atoms with Crippen LogP contribution in [0.2, 0.25) is 0 Å². The van der Waals surface area contributed by atoms with Crippen LogP contribution < -0.4 is 5.32 Å². The molecule has 0 spiro atoms. The summed E-state index contributed by atoms with van der Waals surface area (Å²) >= 11 is 0. The van der Waals surface area contributed by atoms with Gasteiger partial charge in [0.1, 0.15) is 12.2 Å². The van der Waals surface area contributed by atoms with Crippen LogP contribution in [0.4, 0.5) is 0 Å². The summed E-state index contributed by atoms with van der Waals surface area (Å²) in [5.74, 6) is 0.942. The molecule has 0 radical (unpaired) electrons. The molecule has 0 bridgehead atoms. The van der Waals surface area contributed by atoms with E-state index >= 15 is 0 Å². The lowest BCUT2D eigenvalue weighted by atomic mass is 9.97. The van der Waals surface area contributed by atoms with Crippen LogP contribution in [0.25, 0.3) is 0 Å². The first-order chi connectivity index (χ1) is 7.45. The van der Waals surface area contributed by atoms with Crippen molar-refractivity contribution < 1.29 is 0 Å². The zero-order valence-corrected chi connectivity index (χ0v) is 9.21. The molecule has 1 aliphatic carbocycles. The Kier molecular flexibility index (Phi) is 4.14. The van der Waals surface area contributed by atoms with Crippen molar-refractivity contribution in [1.29, 1.82) is 0 Å². The van der Waals surface area contributed by atoms with E-state index in [0.29, 0.717) is 6.04 Å². The van der Waals surface area contributed by atoms with E-state index in [1.54, 1.807) is 6.33 Å². The van der Waals surface area contributed by atoms with Gasteiger partial charge in [-0.1, -0.05) is 32.1 Å². The first-order valence-electron chi connectivity index (χ1n) is 6.03. The number of rotatable bonds is 3. The Bertz CT molecular complexity index is 250. The predicted octanol–water partition coefficient (Wildman–Crippen LogP) is 2.01. The van der Waals surface area contributed by atoms with Crippen LogP contribution >= 0.6 is 0 Å². The lowest BCUT2D eigenvalue weighted by Gasteiger charge is -2.20. The summed E-state index contributed by atoms with van der Waals surface area (Å²) in [6, 6.07) is 0.676. The molecule has 0 saturated heterocycles. The normalized spacial score (nSPS) is 19.7. The molecule has 1 saturated carbocycles. The molecular weight excluding hydrogens is 188 g/mol. The molecule has 0 unspecified atom stereocenters. The second-order valence-electron chi connectivity index (χ2n) is 4.36. The Morgan fingerprint density at radius 1 is 1.20 bits per heavy atom. The second kappa shape index (κ2) is 5.85. The molecule has 0 aliphatic heterocycles. The van der Waals surface area contributed by atoms with Gasteiger partial charge in [0.15, 0.2) is 0 Å². The summed E-state index contributed by atoms with van der Waals surface area (Å²) in [6.45, 7) is 0.824. The number of H-pyrrole nitrogens is 1. The lowest BCUT2D eigenvalue weighted by molar-refractivity contribution is 0.386. The van der Waals surface area contributed by atoms with Gasteiger partial charge in [-0.2, -0.15) is 5.10 Å². The molecule has 1 aliphatic rings. The van der Waals surface area contributed by atoms with E-state index in [4.69, 9.17) is 0 Å². The molecule has 1 aromatic rings. The Morgan fingerprint density at radius 3 is 2.60 bits per heavy atom. The molecular formula is C11H20N4. The minimum atomic E-state index is 0.676. The third-order valence-electron chi connectivity index (χ3n) is 3.13. The monoisotopic (exact) mass is 208 g/mol. The van der Waals surface area contributed by atoms with Crippen molar-refractivity contribution >= 4 is 0 Å². The number of hydrogen-bond donors (Lipinski definition) is 2. The maximum absolute atomic E-state index is 4.11. The standard InChI is InChI=1S/C11H20N4/c1-2-4-6-10(7-5-3-1)12-8-11-13-9-14-15-11/h9-10,12H,1-8H2,(H,13,14,15). The zero-order valence-electron chi connectivity index (χ0n) is 9.21. The molecule has 0 aromatic carbocycles. The Morgan fingerprint density at radius 2 is 1.93 bits per heavy atom. The van der Waals surface area contributed by atoms with E-state index in [-0.39, 0.29) is 0 Å². The highest BCUT2D eigenvalue weighted by Gasteiger charge is 2.10. The van der Waals surface area contributed by atoms with Crippen molar-refractivity contribution in [1.82, 2.24) is 20.5 Å². The molecule has 4 nitrogen and oxygen atoms in total. The van der Waals surface area contributed by atoms with Gasteiger partial charge in [0, 0.05) is 6.04 Å². The summed E-state index contributed by atoms with van der Waals surface area (Å²) in [5.41, 5.74) is 0. The molecule has 4 heteroatoms. The van der Waals surface area contributed by atoms with E-state index in [9.17, 15) is 0 Å².